The number of hydrogen-bond donors (Lipinski definition) is 2. The van der Waals surface area contributed by atoms with Crippen molar-refractivity contribution in [3.63, 3.8) is 0 Å². The maximum absolute atomic E-state index is 12.9. The molecule has 2 fully saturated rings. The van der Waals surface area contributed by atoms with Crippen LogP contribution in [0.15, 0.2) is 24.3 Å². The predicted octanol–water partition coefficient (Wildman–Crippen LogP) is 4.66. The average Bonchev–Trinajstić information content (AvgIpc) is 3.69. The van der Waals surface area contributed by atoms with Crippen molar-refractivity contribution < 1.29 is 32.6 Å². The minimum absolute atomic E-state index is 0.0226. The molecule has 11 nitrogen and oxygen atoms in total. The van der Waals surface area contributed by atoms with E-state index in [2.05, 4.69) is 10.3 Å². The van der Waals surface area contributed by atoms with Gasteiger partial charge in [0.25, 0.3) is 0 Å². The lowest BCUT2D eigenvalue weighted by Crippen LogP contribution is -2.44. The molecule has 0 radical (unpaired) electrons. The highest BCUT2D eigenvalue weighted by atomic mass is 32.2. The fourth-order valence-electron chi connectivity index (χ4n) is 5.11. The summed E-state index contributed by atoms with van der Waals surface area (Å²) in [7, 11) is -3.85. The topological polar surface area (TPSA) is 138 Å². The number of urea groups is 1. The fourth-order valence-corrected chi connectivity index (χ4v) is 5.82. The lowest BCUT2D eigenvalue weighted by molar-refractivity contribution is 0.0198. The summed E-state index contributed by atoms with van der Waals surface area (Å²) in [5.41, 5.74) is 1.44. The Bertz CT molecular complexity index is 1430. The number of amides is 3. The molecule has 0 spiro atoms. The maximum Gasteiger partial charge on any atom is 0.410 e. The van der Waals surface area contributed by atoms with E-state index >= 15 is 0 Å². The molecule has 1 aliphatic carbocycles. The molecule has 3 amide bonds. The fraction of sp³-hybridized carbons (Fsp3) is 0.536. The number of aromatic nitrogens is 1. The monoisotopic (exact) mass is 572 g/mol. The van der Waals surface area contributed by atoms with E-state index in [9.17, 15) is 23.1 Å². The Labute approximate surface area is 234 Å². The number of phenols is 1. The maximum atomic E-state index is 12.9. The molecule has 0 bridgehead atoms. The molecule has 3 aliphatic rings. The largest absolute Gasteiger partial charge is 0.507 e. The number of phenolic OH excluding ortho intramolecular Hbond substituents is 1. The second kappa shape index (κ2) is 10.5. The van der Waals surface area contributed by atoms with Gasteiger partial charge in [-0.15, -0.1) is 0 Å². The van der Waals surface area contributed by atoms with E-state index in [1.807, 2.05) is 26.8 Å². The van der Waals surface area contributed by atoms with Crippen LogP contribution >= 0.6 is 0 Å². The number of carbonyl (C=O) groups is 2. The van der Waals surface area contributed by atoms with Crippen LogP contribution in [0.4, 0.5) is 15.4 Å². The van der Waals surface area contributed by atoms with Crippen molar-refractivity contribution in [2.45, 2.75) is 64.5 Å². The van der Waals surface area contributed by atoms with Gasteiger partial charge >= 0.3 is 12.1 Å². The number of fused-ring (bicyclic) bond motifs is 1. The van der Waals surface area contributed by atoms with Crippen molar-refractivity contribution in [3.05, 3.63) is 35.4 Å². The molecule has 1 aromatic heterocycles. The number of pyridine rings is 1. The Kier molecular flexibility index (Phi) is 7.32. The zero-order valence-electron chi connectivity index (χ0n) is 23.3. The summed E-state index contributed by atoms with van der Waals surface area (Å²) >= 11 is 0. The van der Waals surface area contributed by atoms with Crippen LogP contribution in [0.3, 0.4) is 0 Å². The van der Waals surface area contributed by atoms with Crippen LogP contribution in [0.5, 0.6) is 11.5 Å². The van der Waals surface area contributed by atoms with Crippen molar-refractivity contribution in [3.8, 4) is 22.8 Å². The molecule has 1 unspecified atom stereocenters. The molecular formula is C28H36N4O7S. The predicted molar refractivity (Wildman–Crippen MR) is 149 cm³/mol. The van der Waals surface area contributed by atoms with E-state index in [1.165, 1.54) is 0 Å². The minimum Gasteiger partial charge on any atom is -0.507 e. The molecule has 1 saturated carbocycles. The van der Waals surface area contributed by atoms with E-state index in [0.29, 0.717) is 54.6 Å². The molecule has 2 aromatic rings. The summed E-state index contributed by atoms with van der Waals surface area (Å²) in [6, 6.07) is 6.04. The first kappa shape index (κ1) is 28.0. The molecule has 40 heavy (non-hydrogen) atoms. The number of anilines is 1. The van der Waals surface area contributed by atoms with Crippen molar-refractivity contribution in [2.75, 3.05) is 31.3 Å². The Morgan fingerprint density at radius 3 is 2.65 bits per heavy atom. The number of ether oxygens (including phenoxy) is 2. The van der Waals surface area contributed by atoms with Crippen molar-refractivity contribution in [1.82, 2.24) is 14.2 Å². The van der Waals surface area contributed by atoms with Gasteiger partial charge < -0.3 is 19.5 Å². The molecule has 1 atom stereocenters. The van der Waals surface area contributed by atoms with Crippen LogP contribution < -0.4 is 10.1 Å². The summed E-state index contributed by atoms with van der Waals surface area (Å²) in [4.78, 5) is 32.0. The van der Waals surface area contributed by atoms with Gasteiger partial charge in [0.2, 0.25) is 10.0 Å². The van der Waals surface area contributed by atoms with Gasteiger partial charge in [0.1, 0.15) is 22.9 Å². The van der Waals surface area contributed by atoms with Gasteiger partial charge in [-0.25, -0.2) is 27.3 Å². The van der Waals surface area contributed by atoms with Crippen molar-refractivity contribution >= 4 is 28.0 Å². The molecule has 1 aromatic carbocycles. The van der Waals surface area contributed by atoms with E-state index in [4.69, 9.17) is 9.47 Å². The van der Waals surface area contributed by atoms with Crippen LogP contribution in [-0.2, 0) is 21.3 Å². The standard InChI is InChI=1S/C28H36N4O7S/c1-28(2,3)39-27(35)31-12-6-7-18(14-31)19-13-21(24-22(33)8-5-9-23(24)38-16-17-10-11-17)29-25-20(19)15-32(26(34)30-25)40(4,36)37/h5,8-9,13,17-18,33H,6-7,10-12,14-16H2,1-4H3,(H,29,30,34). The van der Waals surface area contributed by atoms with Crippen molar-refractivity contribution in [1.29, 1.82) is 0 Å². The minimum atomic E-state index is -3.85. The van der Waals surface area contributed by atoms with E-state index < -0.39 is 27.7 Å². The zero-order chi connectivity index (χ0) is 28.8. The normalized spacial score (nSPS) is 19.6. The zero-order valence-corrected chi connectivity index (χ0v) is 24.1. The molecule has 5 rings (SSSR count). The molecule has 12 heteroatoms. The number of likely N-dealkylation sites (tertiary alicyclic amines) is 1. The van der Waals surface area contributed by atoms with Crippen molar-refractivity contribution in [2.24, 2.45) is 5.92 Å². The number of aromatic hydroxyl groups is 1. The van der Waals surface area contributed by atoms with Gasteiger partial charge in [0, 0.05) is 24.6 Å². The second-order valence-corrected chi connectivity index (χ2v) is 13.7. The van der Waals surface area contributed by atoms with E-state index in [0.717, 1.165) is 35.4 Å². The third-order valence-corrected chi connectivity index (χ3v) is 8.35. The molecule has 216 valence electrons. The number of piperidine rings is 1. The molecule has 1 saturated heterocycles. The lowest BCUT2D eigenvalue weighted by Gasteiger charge is -2.36. The second-order valence-electron chi connectivity index (χ2n) is 11.8. The van der Waals surface area contributed by atoms with Crippen LogP contribution in [0.2, 0.25) is 0 Å². The summed E-state index contributed by atoms with van der Waals surface area (Å²) < 4.78 is 37.2. The molecule has 3 heterocycles. The molecule has 2 N–H and O–H groups in total. The Balaban J connectivity index is 1.58. The Morgan fingerprint density at radius 1 is 1.23 bits per heavy atom. The smallest absolute Gasteiger partial charge is 0.410 e. The van der Waals surface area contributed by atoms with Gasteiger partial charge in [-0.3, -0.25) is 5.32 Å². The summed E-state index contributed by atoms with van der Waals surface area (Å²) in [6.45, 7) is 6.68. The van der Waals surface area contributed by atoms with Crippen LogP contribution in [0.25, 0.3) is 11.3 Å². The van der Waals surface area contributed by atoms with Gasteiger partial charge in [-0.05, 0) is 76.1 Å². The highest BCUT2D eigenvalue weighted by molar-refractivity contribution is 7.88. The third-order valence-electron chi connectivity index (χ3n) is 7.26. The lowest BCUT2D eigenvalue weighted by atomic mass is 9.86. The highest BCUT2D eigenvalue weighted by Gasteiger charge is 2.36. The first-order valence-corrected chi connectivity index (χ1v) is 15.4. The van der Waals surface area contributed by atoms with Gasteiger partial charge in [0.05, 0.1) is 30.7 Å². The van der Waals surface area contributed by atoms with E-state index in [-0.39, 0.29) is 24.0 Å². The summed E-state index contributed by atoms with van der Waals surface area (Å²) in [5.74, 6) is 0.984. The van der Waals surface area contributed by atoms with Crippen LogP contribution in [-0.4, -0.2) is 71.4 Å². The number of rotatable bonds is 6. The Morgan fingerprint density at radius 2 is 1.98 bits per heavy atom. The van der Waals surface area contributed by atoms with E-state index in [1.54, 1.807) is 23.1 Å². The number of hydrogen-bond acceptors (Lipinski definition) is 8. The number of nitrogens with zero attached hydrogens (tertiary/aromatic N) is 3. The van der Waals surface area contributed by atoms with Gasteiger partial charge in [0.15, 0.2) is 0 Å². The number of sulfonamides is 1. The third kappa shape index (κ3) is 6.11. The quantitative estimate of drug-likeness (QED) is 0.510. The Hall–Kier alpha value is -3.54. The van der Waals surface area contributed by atoms with Crippen LogP contribution in [0, 0.1) is 5.92 Å². The van der Waals surface area contributed by atoms with Gasteiger partial charge in [-0.2, -0.15) is 0 Å². The SMILES string of the molecule is CC(C)(C)OC(=O)N1CCCC(c2cc(-c3c(O)cccc3OCC3CC3)nc3c2CN(S(C)(=O)=O)C(=O)N3)C1. The number of carbonyl (C=O) groups excluding carboxylic acids is 2. The van der Waals surface area contributed by atoms with Gasteiger partial charge in [-0.1, -0.05) is 6.07 Å². The first-order chi connectivity index (χ1) is 18.8. The highest BCUT2D eigenvalue weighted by Crippen LogP contribution is 2.43. The molecule has 2 aliphatic heterocycles. The summed E-state index contributed by atoms with van der Waals surface area (Å²) in [5, 5.41) is 13.5. The van der Waals surface area contributed by atoms with Crippen LogP contribution in [0.1, 0.15) is 63.5 Å². The number of nitrogens with one attached hydrogen (secondary N) is 1. The number of benzene rings is 1. The first-order valence-electron chi connectivity index (χ1n) is 13.6. The average molecular weight is 573 g/mol. The summed E-state index contributed by atoms with van der Waals surface area (Å²) in [6.07, 6.45) is 4.22. The molecular weight excluding hydrogens is 536 g/mol.